The van der Waals surface area contributed by atoms with E-state index < -0.39 is 10.0 Å². The number of aromatic nitrogens is 2. The second-order valence-electron chi connectivity index (χ2n) is 5.79. The standard InChI is InChI=1S/C13H22N4O3S/c1-9-13(12(16-15-9)8-14-10-2-3-10)21(18,19)17-11-4-6-20-7-5-11/h10-11,14,17H,2-8H2,1H3,(H,15,16). The molecule has 3 N–H and O–H groups in total. The number of H-pyrrole nitrogens is 1. The van der Waals surface area contributed by atoms with E-state index in [-0.39, 0.29) is 6.04 Å². The van der Waals surface area contributed by atoms with E-state index in [1.165, 1.54) is 0 Å². The Morgan fingerprint density at radius 3 is 2.62 bits per heavy atom. The molecular formula is C13H22N4O3S. The molecule has 2 fully saturated rings. The molecule has 7 nitrogen and oxygen atoms in total. The topological polar surface area (TPSA) is 96.1 Å². The van der Waals surface area contributed by atoms with Gasteiger partial charge in [-0.05, 0) is 32.6 Å². The third-order valence-corrected chi connectivity index (χ3v) is 5.63. The van der Waals surface area contributed by atoms with Gasteiger partial charge in [0.05, 0.1) is 11.4 Å². The predicted molar refractivity (Wildman–Crippen MR) is 77.3 cm³/mol. The van der Waals surface area contributed by atoms with Crippen LogP contribution in [0.1, 0.15) is 37.1 Å². The minimum absolute atomic E-state index is 0.0534. The maximum absolute atomic E-state index is 12.6. The molecule has 2 aliphatic rings. The monoisotopic (exact) mass is 314 g/mol. The van der Waals surface area contributed by atoms with Gasteiger partial charge < -0.3 is 10.1 Å². The first-order valence-corrected chi connectivity index (χ1v) is 8.92. The van der Waals surface area contributed by atoms with Crippen LogP contribution in [0.25, 0.3) is 0 Å². The zero-order chi connectivity index (χ0) is 14.9. The third kappa shape index (κ3) is 3.63. The van der Waals surface area contributed by atoms with E-state index in [0.29, 0.717) is 54.9 Å². The van der Waals surface area contributed by atoms with Crippen LogP contribution in [-0.2, 0) is 21.3 Å². The van der Waals surface area contributed by atoms with Crippen molar-refractivity contribution in [2.45, 2.75) is 56.1 Å². The van der Waals surface area contributed by atoms with Gasteiger partial charge in [-0.1, -0.05) is 0 Å². The number of rotatable bonds is 6. The van der Waals surface area contributed by atoms with Crippen molar-refractivity contribution in [1.82, 2.24) is 20.2 Å². The zero-order valence-corrected chi connectivity index (χ0v) is 13.0. The molecule has 1 aromatic heterocycles. The highest BCUT2D eigenvalue weighted by molar-refractivity contribution is 7.89. The van der Waals surface area contributed by atoms with Crippen molar-refractivity contribution in [3.63, 3.8) is 0 Å². The summed E-state index contributed by atoms with van der Waals surface area (Å²) >= 11 is 0. The van der Waals surface area contributed by atoms with E-state index in [9.17, 15) is 8.42 Å². The van der Waals surface area contributed by atoms with E-state index in [4.69, 9.17) is 4.74 Å². The Morgan fingerprint density at radius 2 is 1.95 bits per heavy atom. The van der Waals surface area contributed by atoms with Crippen molar-refractivity contribution >= 4 is 10.0 Å². The lowest BCUT2D eigenvalue weighted by Gasteiger charge is -2.23. The lowest BCUT2D eigenvalue weighted by Crippen LogP contribution is -2.39. The Morgan fingerprint density at radius 1 is 1.24 bits per heavy atom. The molecule has 0 amide bonds. The first-order chi connectivity index (χ1) is 10.1. The summed E-state index contributed by atoms with van der Waals surface area (Å²) in [7, 11) is -3.54. The fourth-order valence-electron chi connectivity index (χ4n) is 2.57. The van der Waals surface area contributed by atoms with Crippen LogP contribution in [0.5, 0.6) is 0 Å². The molecule has 21 heavy (non-hydrogen) atoms. The van der Waals surface area contributed by atoms with E-state index in [1.807, 2.05) is 0 Å². The maximum atomic E-state index is 12.6. The second kappa shape index (κ2) is 6.04. The summed E-state index contributed by atoms with van der Waals surface area (Å²) in [6, 6.07) is 0.461. The van der Waals surface area contributed by atoms with Gasteiger partial charge in [-0.3, -0.25) is 5.10 Å². The highest BCUT2D eigenvalue weighted by Crippen LogP contribution is 2.22. The average molecular weight is 314 g/mol. The Bertz CT molecular complexity index is 589. The zero-order valence-electron chi connectivity index (χ0n) is 12.2. The minimum atomic E-state index is -3.54. The SMILES string of the molecule is Cc1[nH]nc(CNC2CC2)c1S(=O)(=O)NC1CCOCC1. The number of hydrogen-bond acceptors (Lipinski definition) is 5. The Balaban J connectivity index is 1.74. The first kappa shape index (κ1) is 15.0. The van der Waals surface area contributed by atoms with Gasteiger partial charge in [0.25, 0.3) is 0 Å². The molecule has 0 unspecified atom stereocenters. The molecule has 1 aromatic rings. The fraction of sp³-hybridized carbons (Fsp3) is 0.769. The number of aromatic amines is 1. The molecule has 3 rings (SSSR count). The Kier molecular flexibility index (Phi) is 4.30. The molecule has 1 aliphatic carbocycles. The van der Waals surface area contributed by atoms with Crippen LogP contribution in [0.4, 0.5) is 0 Å². The van der Waals surface area contributed by atoms with Gasteiger partial charge in [-0.2, -0.15) is 5.10 Å². The van der Waals surface area contributed by atoms with Gasteiger partial charge in [0.1, 0.15) is 4.90 Å². The lowest BCUT2D eigenvalue weighted by atomic mass is 10.1. The van der Waals surface area contributed by atoms with Crippen LogP contribution in [0.15, 0.2) is 4.90 Å². The number of sulfonamides is 1. The Labute approximate surface area is 124 Å². The molecule has 1 saturated carbocycles. The van der Waals surface area contributed by atoms with Gasteiger partial charge >= 0.3 is 0 Å². The second-order valence-corrected chi connectivity index (χ2v) is 7.44. The Hall–Kier alpha value is -0.960. The van der Waals surface area contributed by atoms with Gasteiger partial charge in [0, 0.05) is 31.8 Å². The fourth-order valence-corrected chi connectivity index (χ4v) is 4.24. The van der Waals surface area contributed by atoms with Crippen molar-refractivity contribution in [3.8, 4) is 0 Å². The summed E-state index contributed by atoms with van der Waals surface area (Å²) in [5.41, 5.74) is 1.15. The number of nitrogens with zero attached hydrogens (tertiary/aromatic N) is 1. The largest absolute Gasteiger partial charge is 0.381 e. The number of ether oxygens (including phenoxy) is 1. The summed E-state index contributed by atoms with van der Waals surface area (Å²) in [5.74, 6) is 0. The van der Waals surface area contributed by atoms with E-state index in [0.717, 1.165) is 12.8 Å². The van der Waals surface area contributed by atoms with Crippen LogP contribution in [0.3, 0.4) is 0 Å². The van der Waals surface area contributed by atoms with Crippen molar-refractivity contribution in [2.75, 3.05) is 13.2 Å². The highest BCUT2D eigenvalue weighted by atomic mass is 32.2. The van der Waals surface area contributed by atoms with Gasteiger partial charge in [-0.25, -0.2) is 13.1 Å². The smallest absolute Gasteiger partial charge is 0.244 e. The predicted octanol–water partition coefficient (Wildman–Crippen LogP) is 0.427. The summed E-state index contributed by atoms with van der Waals surface area (Å²) in [6.45, 7) is 3.44. The van der Waals surface area contributed by atoms with Gasteiger partial charge in [0.15, 0.2) is 0 Å². The van der Waals surface area contributed by atoms with Crippen molar-refractivity contribution in [3.05, 3.63) is 11.4 Å². The highest BCUT2D eigenvalue weighted by Gasteiger charge is 2.29. The molecule has 0 bridgehead atoms. The number of nitrogens with one attached hydrogen (secondary N) is 3. The summed E-state index contributed by atoms with van der Waals surface area (Å²) in [5, 5.41) is 10.2. The number of hydrogen-bond donors (Lipinski definition) is 3. The van der Waals surface area contributed by atoms with Crippen LogP contribution in [0.2, 0.25) is 0 Å². The molecule has 0 atom stereocenters. The van der Waals surface area contributed by atoms with E-state index >= 15 is 0 Å². The van der Waals surface area contributed by atoms with Crippen LogP contribution in [-0.4, -0.2) is 43.9 Å². The summed E-state index contributed by atoms with van der Waals surface area (Å²) in [4.78, 5) is 0.294. The van der Waals surface area contributed by atoms with E-state index in [1.54, 1.807) is 6.92 Å². The number of aryl methyl sites for hydroxylation is 1. The minimum Gasteiger partial charge on any atom is -0.381 e. The van der Waals surface area contributed by atoms with Gasteiger partial charge in [0.2, 0.25) is 10.0 Å². The normalized spacial score (nSPS) is 20.8. The molecule has 118 valence electrons. The molecule has 1 saturated heterocycles. The molecule has 2 heterocycles. The van der Waals surface area contributed by atoms with Crippen LogP contribution >= 0.6 is 0 Å². The molecule has 8 heteroatoms. The summed E-state index contributed by atoms with van der Waals surface area (Å²) < 4.78 is 33.3. The molecule has 0 aromatic carbocycles. The quantitative estimate of drug-likeness (QED) is 0.707. The molecule has 1 aliphatic heterocycles. The van der Waals surface area contributed by atoms with Crippen molar-refractivity contribution in [2.24, 2.45) is 0 Å². The summed E-state index contributed by atoms with van der Waals surface area (Å²) in [6.07, 6.45) is 3.75. The lowest BCUT2D eigenvalue weighted by molar-refractivity contribution is 0.0832. The van der Waals surface area contributed by atoms with Crippen LogP contribution in [0, 0.1) is 6.92 Å². The maximum Gasteiger partial charge on any atom is 0.244 e. The third-order valence-electron chi connectivity index (χ3n) is 3.91. The first-order valence-electron chi connectivity index (χ1n) is 7.43. The molecular weight excluding hydrogens is 292 g/mol. The average Bonchev–Trinajstić information content (AvgIpc) is 3.19. The molecule has 0 radical (unpaired) electrons. The van der Waals surface area contributed by atoms with Crippen LogP contribution < -0.4 is 10.0 Å². The van der Waals surface area contributed by atoms with Gasteiger partial charge in [-0.15, -0.1) is 0 Å². The van der Waals surface area contributed by atoms with Crippen molar-refractivity contribution in [1.29, 1.82) is 0 Å². The molecule has 0 spiro atoms. The van der Waals surface area contributed by atoms with E-state index in [2.05, 4.69) is 20.2 Å². The van der Waals surface area contributed by atoms with Crippen molar-refractivity contribution < 1.29 is 13.2 Å².